The van der Waals surface area contributed by atoms with E-state index in [-0.39, 0.29) is 35.6 Å². The number of carbonyl (C=O) groups is 1. The van der Waals surface area contributed by atoms with Crippen molar-refractivity contribution in [1.82, 2.24) is 14.6 Å². The fourth-order valence-electron chi connectivity index (χ4n) is 3.79. The Morgan fingerprint density at radius 3 is 2.39 bits per heavy atom. The maximum absolute atomic E-state index is 13.4. The predicted octanol–water partition coefficient (Wildman–Crippen LogP) is 3.80. The number of carbonyl (C=O) groups excluding carboxylic acids is 1. The minimum absolute atomic E-state index is 0.0619. The van der Waals surface area contributed by atoms with E-state index >= 15 is 0 Å². The quantitative estimate of drug-likeness (QED) is 0.582. The third-order valence-corrected chi connectivity index (χ3v) is 7.70. The number of anilines is 1. The SMILES string of the molecule is Cc1ccc(C=Cc2onc(C)c2S(=O)(=O)N2CCC(C(=O)Nc3cc(C)on3)CC2)cc1. The molecule has 2 aromatic heterocycles. The minimum Gasteiger partial charge on any atom is -0.360 e. The summed E-state index contributed by atoms with van der Waals surface area (Å²) in [4.78, 5) is 12.6. The van der Waals surface area contributed by atoms with Gasteiger partial charge in [0.25, 0.3) is 0 Å². The minimum atomic E-state index is -3.83. The average Bonchev–Trinajstić information content (AvgIpc) is 3.38. The van der Waals surface area contributed by atoms with Crippen molar-refractivity contribution in [2.75, 3.05) is 18.4 Å². The van der Waals surface area contributed by atoms with E-state index in [4.69, 9.17) is 9.05 Å². The smallest absolute Gasteiger partial charge is 0.248 e. The van der Waals surface area contributed by atoms with Crippen LogP contribution in [0.4, 0.5) is 5.82 Å². The van der Waals surface area contributed by atoms with Crippen LogP contribution in [-0.2, 0) is 14.8 Å². The number of rotatable bonds is 6. The Labute approximate surface area is 192 Å². The number of aryl methyl sites for hydroxylation is 3. The zero-order valence-electron chi connectivity index (χ0n) is 18.7. The molecule has 1 saturated heterocycles. The molecular formula is C23H26N4O5S. The Bertz CT molecular complexity index is 1270. The lowest BCUT2D eigenvalue weighted by Gasteiger charge is -2.30. The molecule has 1 aliphatic heterocycles. The van der Waals surface area contributed by atoms with Gasteiger partial charge in [0.05, 0.1) is 0 Å². The first-order valence-corrected chi connectivity index (χ1v) is 12.1. The van der Waals surface area contributed by atoms with E-state index in [2.05, 4.69) is 15.6 Å². The Morgan fingerprint density at radius 2 is 1.76 bits per heavy atom. The van der Waals surface area contributed by atoms with Crippen LogP contribution in [0.1, 0.15) is 41.2 Å². The fourth-order valence-corrected chi connectivity index (χ4v) is 5.51. The van der Waals surface area contributed by atoms with Gasteiger partial charge in [0.1, 0.15) is 11.5 Å². The molecule has 0 aliphatic carbocycles. The fraction of sp³-hybridized carbons (Fsp3) is 0.348. The highest BCUT2D eigenvalue weighted by molar-refractivity contribution is 7.89. The molecule has 0 unspecified atom stereocenters. The Kier molecular flexibility index (Phi) is 6.48. The summed E-state index contributed by atoms with van der Waals surface area (Å²) in [6.45, 7) is 5.80. The van der Waals surface area contributed by atoms with Crippen molar-refractivity contribution in [2.24, 2.45) is 5.92 Å². The second-order valence-electron chi connectivity index (χ2n) is 8.20. The Morgan fingerprint density at radius 1 is 1.06 bits per heavy atom. The highest BCUT2D eigenvalue weighted by Crippen LogP contribution is 2.29. The molecule has 1 fully saturated rings. The molecule has 174 valence electrons. The van der Waals surface area contributed by atoms with Crippen molar-refractivity contribution in [3.8, 4) is 0 Å². The highest BCUT2D eigenvalue weighted by atomic mass is 32.2. The number of amides is 1. The summed E-state index contributed by atoms with van der Waals surface area (Å²) in [6.07, 6.45) is 4.22. The summed E-state index contributed by atoms with van der Waals surface area (Å²) in [5.41, 5.74) is 2.37. The lowest BCUT2D eigenvalue weighted by molar-refractivity contribution is -0.120. The summed E-state index contributed by atoms with van der Waals surface area (Å²) in [5, 5.41) is 10.4. The standard InChI is InChI=1S/C23H26N4O5S/c1-15-4-6-18(7-5-15)8-9-20-22(17(3)25-32-20)33(29,30)27-12-10-19(11-13-27)23(28)24-21-14-16(2)31-26-21/h4-9,14,19H,10-13H2,1-3H3,(H,24,26,28). The van der Waals surface area contributed by atoms with Crippen LogP contribution in [0.5, 0.6) is 0 Å². The highest BCUT2D eigenvalue weighted by Gasteiger charge is 2.36. The first kappa shape index (κ1) is 22.9. The van der Waals surface area contributed by atoms with Gasteiger partial charge in [-0.15, -0.1) is 0 Å². The molecule has 0 atom stereocenters. The molecule has 0 spiro atoms. The van der Waals surface area contributed by atoms with Crippen LogP contribution in [0, 0.1) is 26.7 Å². The van der Waals surface area contributed by atoms with Crippen LogP contribution in [0.3, 0.4) is 0 Å². The van der Waals surface area contributed by atoms with Gasteiger partial charge in [-0.2, -0.15) is 4.31 Å². The maximum Gasteiger partial charge on any atom is 0.248 e. The number of sulfonamides is 1. The molecule has 0 radical (unpaired) electrons. The van der Waals surface area contributed by atoms with E-state index < -0.39 is 10.0 Å². The molecule has 1 aromatic carbocycles. The van der Waals surface area contributed by atoms with Gasteiger partial charge in [-0.1, -0.05) is 46.2 Å². The molecule has 3 aromatic rings. The van der Waals surface area contributed by atoms with Crippen molar-refractivity contribution in [3.05, 3.63) is 58.7 Å². The van der Waals surface area contributed by atoms with Crippen molar-refractivity contribution in [1.29, 1.82) is 0 Å². The van der Waals surface area contributed by atoms with E-state index in [9.17, 15) is 13.2 Å². The van der Waals surface area contributed by atoms with Gasteiger partial charge < -0.3 is 14.4 Å². The molecular weight excluding hydrogens is 444 g/mol. The van der Waals surface area contributed by atoms with Crippen molar-refractivity contribution >= 4 is 33.9 Å². The predicted molar refractivity (Wildman–Crippen MR) is 123 cm³/mol. The number of piperidine rings is 1. The third kappa shape index (κ3) is 5.07. The Balaban J connectivity index is 1.45. The van der Waals surface area contributed by atoms with Crippen molar-refractivity contribution in [2.45, 2.75) is 38.5 Å². The van der Waals surface area contributed by atoms with Crippen LogP contribution >= 0.6 is 0 Å². The number of aromatic nitrogens is 2. The molecule has 1 N–H and O–H groups in total. The van der Waals surface area contributed by atoms with Crippen molar-refractivity contribution in [3.63, 3.8) is 0 Å². The lowest BCUT2D eigenvalue weighted by atomic mass is 9.97. The number of hydrogen-bond acceptors (Lipinski definition) is 7. The van der Waals surface area contributed by atoms with Gasteiger partial charge in [0.2, 0.25) is 15.9 Å². The second kappa shape index (κ2) is 9.32. The lowest BCUT2D eigenvalue weighted by Crippen LogP contribution is -2.41. The number of nitrogens with one attached hydrogen (secondary N) is 1. The van der Waals surface area contributed by atoms with E-state index in [0.717, 1.165) is 11.1 Å². The first-order chi connectivity index (χ1) is 15.7. The zero-order valence-corrected chi connectivity index (χ0v) is 19.6. The first-order valence-electron chi connectivity index (χ1n) is 10.7. The number of nitrogens with zero attached hydrogens (tertiary/aromatic N) is 3. The van der Waals surface area contributed by atoms with Crippen LogP contribution in [0.25, 0.3) is 12.2 Å². The maximum atomic E-state index is 13.4. The van der Waals surface area contributed by atoms with Crippen LogP contribution < -0.4 is 5.32 Å². The molecule has 3 heterocycles. The molecule has 0 bridgehead atoms. The summed E-state index contributed by atoms with van der Waals surface area (Å²) >= 11 is 0. The van der Waals surface area contributed by atoms with E-state index in [1.54, 1.807) is 32.1 Å². The van der Waals surface area contributed by atoms with E-state index in [1.165, 1.54) is 4.31 Å². The van der Waals surface area contributed by atoms with Crippen LogP contribution in [0.2, 0.25) is 0 Å². The number of benzene rings is 1. The van der Waals surface area contributed by atoms with Gasteiger partial charge in [0.15, 0.2) is 16.5 Å². The van der Waals surface area contributed by atoms with Gasteiger partial charge in [-0.3, -0.25) is 4.79 Å². The third-order valence-electron chi connectivity index (χ3n) is 5.64. The topological polar surface area (TPSA) is 119 Å². The molecule has 33 heavy (non-hydrogen) atoms. The summed E-state index contributed by atoms with van der Waals surface area (Å²) in [5.74, 6) is 0.649. The molecule has 9 nitrogen and oxygen atoms in total. The average molecular weight is 471 g/mol. The van der Waals surface area contributed by atoms with Crippen LogP contribution in [-0.4, -0.2) is 42.0 Å². The normalized spacial score (nSPS) is 15.8. The molecule has 4 rings (SSSR count). The molecule has 0 saturated carbocycles. The Hall–Kier alpha value is -3.24. The zero-order chi connectivity index (χ0) is 23.6. The van der Waals surface area contributed by atoms with Gasteiger partial charge in [-0.05, 0) is 45.3 Å². The number of hydrogen-bond donors (Lipinski definition) is 1. The largest absolute Gasteiger partial charge is 0.360 e. The molecule has 10 heteroatoms. The van der Waals surface area contributed by atoms with Gasteiger partial charge in [0, 0.05) is 25.1 Å². The van der Waals surface area contributed by atoms with Crippen LogP contribution in [0.15, 0.2) is 44.3 Å². The van der Waals surface area contributed by atoms with Gasteiger partial charge in [-0.25, -0.2) is 8.42 Å². The summed E-state index contributed by atoms with van der Waals surface area (Å²) in [6, 6.07) is 9.48. The molecule has 1 aliphatic rings. The van der Waals surface area contributed by atoms with Gasteiger partial charge >= 0.3 is 0 Å². The molecule has 1 amide bonds. The monoisotopic (exact) mass is 470 g/mol. The summed E-state index contributed by atoms with van der Waals surface area (Å²) < 4.78 is 38.4. The second-order valence-corrected chi connectivity index (χ2v) is 10.1. The van der Waals surface area contributed by atoms with E-state index in [0.29, 0.717) is 30.1 Å². The van der Waals surface area contributed by atoms with Crippen molar-refractivity contribution < 1.29 is 22.3 Å². The summed E-state index contributed by atoms with van der Waals surface area (Å²) in [7, 11) is -3.83. The van der Waals surface area contributed by atoms with E-state index in [1.807, 2.05) is 31.2 Å².